The molecule has 0 saturated heterocycles. The van der Waals surface area contributed by atoms with Gasteiger partial charge in [-0.2, -0.15) is 0 Å². The standard InChI is InChI=1S/C14H26O.C7H8.C3H8O.C2H6O/c1-6-13(12(4)5)10-9-11-14(7-2)15-8-3;1-7-5-3-2-4-6-7;1-2-3-4;1-2-3/h7,9,11-13H,6,8,10H2,1-5H3;2-6H,1H3;4H,2-3H2,1H3;3H,2H2,1H3/b11-9-,14-7+;;;. The van der Waals surface area contributed by atoms with Crippen LogP contribution in [-0.2, 0) is 4.74 Å². The van der Waals surface area contributed by atoms with Gasteiger partial charge in [-0.15, -0.1) is 0 Å². The molecule has 1 unspecified atom stereocenters. The first-order chi connectivity index (χ1) is 13.9. The third kappa shape index (κ3) is 26.4. The molecule has 1 aromatic rings. The molecule has 0 spiro atoms. The van der Waals surface area contributed by atoms with Crippen molar-refractivity contribution in [2.45, 2.75) is 74.7 Å². The van der Waals surface area contributed by atoms with Crippen molar-refractivity contribution in [3.63, 3.8) is 0 Å². The molecule has 3 heteroatoms. The highest BCUT2D eigenvalue weighted by atomic mass is 16.5. The van der Waals surface area contributed by atoms with Gasteiger partial charge in [0, 0.05) is 13.2 Å². The van der Waals surface area contributed by atoms with Crippen molar-refractivity contribution in [1.82, 2.24) is 0 Å². The third-order valence-electron chi connectivity index (χ3n) is 3.95. The molecule has 0 aliphatic heterocycles. The van der Waals surface area contributed by atoms with E-state index in [9.17, 15) is 0 Å². The van der Waals surface area contributed by atoms with Gasteiger partial charge in [0.15, 0.2) is 0 Å². The van der Waals surface area contributed by atoms with Gasteiger partial charge in [0.05, 0.1) is 6.61 Å². The highest BCUT2D eigenvalue weighted by molar-refractivity contribution is 5.12. The zero-order valence-corrected chi connectivity index (χ0v) is 20.3. The molecule has 1 atom stereocenters. The van der Waals surface area contributed by atoms with E-state index in [0.717, 1.165) is 37.0 Å². The Balaban J connectivity index is -0.000000394. The van der Waals surface area contributed by atoms with E-state index in [0.29, 0.717) is 6.61 Å². The minimum Gasteiger partial charge on any atom is -0.494 e. The van der Waals surface area contributed by atoms with Gasteiger partial charge in [-0.1, -0.05) is 76.1 Å². The van der Waals surface area contributed by atoms with E-state index >= 15 is 0 Å². The van der Waals surface area contributed by atoms with Crippen LogP contribution in [0.25, 0.3) is 0 Å². The fourth-order valence-electron chi connectivity index (χ4n) is 2.20. The minimum absolute atomic E-state index is 0.250. The summed E-state index contributed by atoms with van der Waals surface area (Å²) in [5.74, 6) is 2.54. The van der Waals surface area contributed by atoms with Crippen LogP contribution in [0.5, 0.6) is 0 Å². The van der Waals surface area contributed by atoms with Crippen LogP contribution >= 0.6 is 0 Å². The van der Waals surface area contributed by atoms with Crippen molar-refractivity contribution >= 4 is 0 Å². The molecular weight excluding hydrogens is 360 g/mol. The first kappa shape index (κ1) is 32.1. The van der Waals surface area contributed by atoms with E-state index < -0.39 is 0 Å². The number of benzene rings is 1. The summed E-state index contributed by atoms with van der Waals surface area (Å²) in [6.45, 7) is 17.9. The molecule has 0 aliphatic rings. The first-order valence-electron chi connectivity index (χ1n) is 11.1. The normalized spacial score (nSPS) is 11.5. The number of ether oxygens (including phenoxy) is 1. The van der Waals surface area contributed by atoms with Gasteiger partial charge in [-0.3, -0.25) is 0 Å². The van der Waals surface area contributed by atoms with Crippen LogP contribution in [0.3, 0.4) is 0 Å². The van der Waals surface area contributed by atoms with E-state index in [4.69, 9.17) is 14.9 Å². The minimum atomic E-state index is 0.250. The monoisotopic (exact) mass is 408 g/mol. The highest BCUT2D eigenvalue weighted by Crippen LogP contribution is 2.19. The molecule has 3 nitrogen and oxygen atoms in total. The summed E-state index contributed by atoms with van der Waals surface area (Å²) in [4.78, 5) is 0. The Morgan fingerprint density at radius 2 is 1.55 bits per heavy atom. The van der Waals surface area contributed by atoms with E-state index in [1.54, 1.807) is 6.92 Å². The summed E-state index contributed by atoms with van der Waals surface area (Å²) in [7, 11) is 0. The van der Waals surface area contributed by atoms with Gasteiger partial charge in [-0.05, 0) is 64.5 Å². The van der Waals surface area contributed by atoms with Crippen molar-refractivity contribution < 1.29 is 14.9 Å². The zero-order valence-electron chi connectivity index (χ0n) is 20.3. The van der Waals surface area contributed by atoms with Crippen LogP contribution in [0.2, 0.25) is 0 Å². The van der Waals surface area contributed by atoms with Crippen molar-refractivity contribution in [3.8, 4) is 0 Å². The highest BCUT2D eigenvalue weighted by Gasteiger charge is 2.08. The van der Waals surface area contributed by atoms with Gasteiger partial charge >= 0.3 is 0 Å². The molecule has 0 fully saturated rings. The van der Waals surface area contributed by atoms with Gasteiger partial charge in [0.1, 0.15) is 5.76 Å². The number of aliphatic hydroxyl groups excluding tert-OH is 2. The summed E-state index contributed by atoms with van der Waals surface area (Å²) < 4.78 is 5.44. The second kappa shape index (κ2) is 26.4. The lowest BCUT2D eigenvalue weighted by Gasteiger charge is -2.16. The largest absolute Gasteiger partial charge is 0.494 e. The maximum Gasteiger partial charge on any atom is 0.114 e. The lowest BCUT2D eigenvalue weighted by atomic mass is 9.90. The first-order valence-corrected chi connectivity index (χ1v) is 11.1. The average molecular weight is 409 g/mol. The summed E-state index contributed by atoms with van der Waals surface area (Å²) in [5.41, 5.74) is 1.32. The predicted molar refractivity (Wildman–Crippen MR) is 129 cm³/mol. The second-order valence-electron chi connectivity index (χ2n) is 6.87. The average Bonchev–Trinajstić information content (AvgIpc) is 2.72. The molecule has 1 aromatic carbocycles. The Morgan fingerprint density at radius 1 is 1.03 bits per heavy atom. The Kier molecular flexibility index (Phi) is 29.2. The van der Waals surface area contributed by atoms with Gasteiger partial charge < -0.3 is 14.9 Å². The maximum absolute atomic E-state index is 7.88. The molecule has 170 valence electrons. The predicted octanol–water partition coefficient (Wildman–Crippen LogP) is 6.94. The van der Waals surface area contributed by atoms with E-state index in [2.05, 4.69) is 52.0 Å². The van der Waals surface area contributed by atoms with Crippen LogP contribution in [0.15, 0.2) is 54.3 Å². The number of rotatable bonds is 8. The van der Waals surface area contributed by atoms with Crippen molar-refractivity contribution in [2.24, 2.45) is 11.8 Å². The second-order valence-corrected chi connectivity index (χ2v) is 6.87. The van der Waals surface area contributed by atoms with Crippen molar-refractivity contribution in [1.29, 1.82) is 0 Å². The molecule has 0 bridgehead atoms. The molecule has 0 heterocycles. The molecule has 0 saturated carbocycles. The zero-order chi connectivity index (χ0) is 22.9. The Labute approximate surface area is 181 Å². The lowest BCUT2D eigenvalue weighted by molar-refractivity contribution is 0.241. The molecule has 0 amide bonds. The SMILES string of the molecule is C/C=C(\C=C/CC(CC)C(C)C)OCC.CCCO.CCO.Cc1ccccc1. The smallest absolute Gasteiger partial charge is 0.114 e. The molecule has 0 radical (unpaired) electrons. The quantitative estimate of drug-likeness (QED) is 0.362. The Morgan fingerprint density at radius 3 is 1.83 bits per heavy atom. The van der Waals surface area contributed by atoms with Crippen molar-refractivity contribution in [2.75, 3.05) is 19.8 Å². The molecule has 0 aliphatic carbocycles. The summed E-state index contributed by atoms with van der Waals surface area (Å²) in [6.07, 6.45) is 9.62. The van der Waals surface area contributed by atoms with Gasteiger partial charge in [0.2, 0.25) is 0 Å². The fraction of sp³-hybridized carbons (Fsp3) is 0.615. The summed E-state index contributed by atoms with van der Waals surface area (Å²) in [5, 5.41) is 15.4. The third-order valence-corrected chi connectivity index (χ3v) is 3.95. The number of aryl methyl sites for hydroxylation is 1. The van der Waals surface area contributed by atoms with Crippen LogP contribution < -0.4 is 0 Å². The molecule has 2 N–H and O–H groups in total. The molecule has 29 heavy (non-hydrogen) atoms. The van der Waals surface area contributed by atoms with E-state index in [-0.39, 0.29) is 6.61 Å². The van der Waals surface area contributed by atoms with E-state index in [1.165, 1.54) is 12.0 Å². The van der Waals surface area contributed by atoms with Crippen LogP contribution in [0, 0.1) is 18.8 Å². The van der Waals surface area contributed by atoms with Crippen LogP contribution in [-0.4, -0.2) is 30.0 Å². The van der Waals surface area contributed by atoms with E-state index in [1.807, 2.05) is 45.0 Å². The summed E-state index contributed by atoms with van der Waals surface area (Å²) >= 11 is 0. The maximum atomic E-state index is 7.88. The Bertz CT molecular complexity index is 462. The van der Waals surface area contributed by atoms with Crippen molar-refractivity contribution in [3.05, 3.63) is 59.9 Å². The Hall–Kier alpha value is -1.58. The lowest BCUT2D eigenvalue weighted by Crippen LogP contribution is -2.05. The molecular formula is C26H48O3. The number of aliphatic hydroxyl groups is 2. The van der Waals surface area contributed by atoms with Crippen LogP contribution in [0.4, 0.5) is 0 Å². The number of hydrogen-bond donors (Lipinski definition) is 2. The molecule has 1 rings (SSSR count). The fourth-order valence-corrected chi connectivity index (χ4v) is 2.20. The van der Waals surface area contributed by atoms with Gasteiger partial charge in [0.25, 0.3) is 0 Å². The van der Waals surface area contributed by atoms with Crippen LogP contribution in [0.1, 0.15) is 73.3 Å². The number of allylic oxidation sites excluding steroid dienone is 3. The number of hydrogen-bond acceptors (Lipinski definition) is 3. The topological polar surface area (TPSA) is 49.7 Å². The summed E-state index contributed by atoms with van der Waals surface area (Å²) in [6, 6.07) is 10.3. The van der Waals surface area contributed by atoms with Gasteiger partial charge in [-0.25, -0.2) is 0 Å². The molecule has 0 aromatic heterocycles.